The van der Waals surface area contributed by atoms with E-state index in [2.05, 4.69) is 5.10 Å². The predicted molar refractivity (Wildman–Crippen MR) is 71.4 cm³/mol. The fraction of sp³-hybridized carbons (Fsp3) is 0.231. The van der Waals surface area contributed by atoms with Gasteiger partial charge in [-0.3, -0.25) is 8.89 Å². The molecule has 1 aromatic heterocycles. The van der Waals surface area contributed by atoms with Gasteiger partial charge in [0.1, 0.15) is 5.82 Å². The fourth-order valence-electron chi connectivity index (χ4n) is 1.69. The summed E-state index contributed by atoms with van der Waals surface area (Å²) in [6.07, 6.45) is 3.30. The van der Waals surface area contributed by atoms with Crippen LogP contribution in [0, 0.1) is 5.82 Å². The standard InChI is InChI=1S/C13H13FN2O3S/c1-2-16-7-9(6-15-16)8-20(19)12-5-10(13(17)18)3-4-11(12)14/h3-7H,2,8H2,1H3,(H,17,18). The van der Waals surface area contributed by atoms with Crippen molar-refractivity contribution in [3.63, 3.8) is 0 Å². The van der Waals surface area contributed by atoms with E-state index in [1.807, 2.05) is 6.92 Å². The van der Waals surface area contributed by atoms with E-state index >= 15 is 0 Å². The van der Waals surface area contributed by atoms with Crippen LogP contribution in [0.4, 0.5) is 4.39 Å². The highest BCUT2D eigenvalue weighted by Gasteiger charge is 2.15. The van der Waals surface area contributed by atoms with Crippen LogP contribution in [-0.4, -0.2) is 25.1 Å². The molecule has 1 aromatic carbocycles. The minimum absolute atomic E-state index is 0.0843. The van der Waals surface area contributed by atoms with Gasteiger partial charge in [0.15, 0.2) is 0 Å². The molecule has 20 heavy (non-hydrogen) atoms. The number of aromatic carboxylic acids is 1. The van der Waals surface area contributed by atoms with Crippen molar-refractivity contribution in [3.8, 4) is 0 Å². The molecule has 0 amide bonds. The Balaban J connectivity index is 2.24. The zero-order chi connectivity index (χ0) is 14.7. The van der Waals surface area contributed by atoms with Gasteiger partial charge < -0.3 is 5.11 Å². The molecule has 0 fully saturated rings. The van der Waals surface area contributed by atoms with Crippen molar-refractivity contribution < 1.29 is 18.5 Å². The molecule has 2 rings (SSSR count). The van der Waals surface area contributed by atoms with Crippen LogP contribution in [0.25, 0.3) is 0 Å². The van der Waals surface area contributed by atoms with Crippen LogP contribution in [0.15, 0.2) is 35.5 Å². The molecule has 0 saturated carbocycles. The molecular formula is C13H13FN2O3S. The molecule has 106 valence electrons. The molecule has 1 unspecified atom stereocenters. The SMILES string of the molecule is CCn1cc(CS(=O)c2cc(C(=O)O)ccc2F)cn1. The van der Waals surface area contributed by atoms with Crippen molar-refractivity contribution in [2.75, 3.05) is 0 Å². The Morgan fingerprint density at radius 3 is 2.85 bits per heavy atom. The summed E-state index contributed by atoms with van der Waals surface area (Å²) in [5, 5.41) is 12.9. The maximum absolute atomic E-state index is 13.7. The number of hydrogen-bond acceptors (Lipinski definition) is 3. The predicted octanol–water partition coefficient (Wildman–Crippen LogP) is 2.05. The molecule has 2 aromatic rings. The van der Waals surface area contributed by atoms with Gasteiger partial charge in [0, 0.05) is 18.3 Å². The number of carboxylic acid groups (broad SMARTS) is 1. The molecule has 0 bridgehead atoms. The van der Waals surface area contributed by atoms with Crippen LogP contribution < -0.4 is 0 Å². The van der Waals surface area contributed by atoms with Gasteiger partial charge in [-0.15, -0.1) is 0 Å². The Bertz CT molecular complexity index is 669. The van der Waals surface area contributed by atoms with E-state index in [-0.39, 0.29) is 16.2 Å². The van der Waals surface area contributed by atoms with Gasteiger partial charge >= 0.3 is 5.97 Å². The number of nitrogens with zero attached hydrogens (tertiary/aromatic N) is 2. The maximum atomic E-state index is 13.7. The second kappa shape index (κ2) is 5.96. The molecule has 0 aliphatic carbocycles. The summed E-state index contributed by atoms with van der Waals surface area (Å²) >= 11 is 0. The average molecular weight is 296 g/mol. The van der Waals surface area contributed by atoms with Gasteiger partial charge in [0.05, 0.1) is 33.2 Å². The van der Waals surface area contributed by atoms with E-state index < -0.39 is 22.6 Å². The first-order valence-electron chi connectivity index (χ1n) is 5.93. The number of rotatable bonds is 5. The highest BCUT2D eigenvalue weighted by atomic mass is 32.2. The lowest BCUT2D eigenvalue weighted by molar-refractivity contribution is 0.0696. The van der Waals surface area contributed by atoms with E-state index in [1.54, 1.807) is 17.1 Å². The van der Waals surface area contributed by atoms with Gasteiger partial charge in [-0.1, -0.05) is 0 Å². The normalized spacial score (nSPS) is 12.3. The van der Waals surface area contributed by atoms with E-state index in [9.17, 15) is 13.4 Å². The smallest absolute Gasteiger partial charge is 0.335 e. The summed E-state index contributed by atoms with van der Waals surface area (Å²) in [5.74, 6) is -1.75. The third kappa shape index (κ3) is 3.11. The van der Waals surface area contributed by atoms with Crippen LogP contribution in [0.1, 0.15) is 22.8 Å². The van der Waals surface area contributed by atoms with E-state index in [0.717, 1.165) is 18.2 Å². The molecule has 7 heteroatoms. The number of carbonyl (C=O) groups is 1. The Labute approximate surface area is 117 Å². The molecule has 1 heterocycles. The summed E-state index contributed by atoms with van der Waals surface area (Å²) in [6.45, 7) is 2.61. The number of carboxylic acids is 1. The summed E-state index contributed by atoms with van der Waals surface area (Å²) in [6, 6.07) is 3.28. The Morgan fingerprint density at radius 1 is 1.50 bits per heavy atom. The Kier molecular flexibility index (Phi) is 4.29. The van der Waals surface area contributed by atoms with Crippen molar-refractivity contribution in [3.05, 3.63) is 47.5 Å². The van der Waals surface area contributed by atoms with Gasteiger partial charge in [-0.2, -0.15) is 5.10 Å². The number of halogens is 1. The molecule has 0 aliphatic heterocycles. The van der Waals surface area contributed by atoms with E-state index in [0.29, 0.717) is 12.1 Å². The first-order valence-corrected chi connectivity index (χ1v) is 7.25. The molecule has 0 radical (unpaired) electrons. The second-order valence-electron chi connectivity index (χ2n) is 4.14. The Morgan fingerprint density at radius 2 is 2.25 bits per heavy atom. The molecule has 0 saturated heterocycles. The molecule has 1 atom stereocenters. The zero-order valence-electron chi connectivity index (χ0n) is 10.7. The fourth-order valence-corrected chi connectivity index (χ4v) is 2.85. The monoisotopic (exact) mass is 296 g/mol. The topological polar surface area (TPSA) is 72.2 Å². The minimum Gasteiger partial charge on any atom is -0.478 e. The van der Waals surface area contributed by atoms with Crippen molar-refractivity contribution in [1.82, 2.24) is 9.78 Å². The van der Waals surface area contributed by atoms with Gasteiger partial charge in [0.2, 0.25) is 0 Å². The van der Waals surface area contributed by atoms with E-state index in [1.165, 1.54) is 0 Å². The second-order valence-corrected chi connectivity index (χ2v) is 5.56. The summed E-state index contributed by atoms with van der Waals surface area (Å²) in [5.41, 5.74) is 0.629. The van der Waals surface area contributed by atoms with Crippen LogP contribution >= 0.6 is 0 Å². The van der Waals surface area contributed by atoms with E-state index in [4.69, 9.17) is 5.11 Å². The molecule has 0 spiro atoms. The maximum Gasteiger partial charge on any atom is 0.335 e. The van der Waals surface area contributed by atoms with Gasteiger partial charge in [-0.25, -0.2) is 9.18 Å². The zero-order valence-corrected chi connectivity index (χ0v) is 11.6. The largest absolute Gasteiger partial charge is 0.478 e. The van der Waals surface area contributed by atoms with Gasteiger partial charge in [0.25, 0.3) is 0 Å². The van der Waals surface area contributed by atoms with Crippen molar-refractivity contribution in [2.24, 2.45) is 0 Å². The molecular weight excluding hydrogens is 283 g/mol. The first-order chi connectivity index (χ1) is 9.51. The third-order valence-corrected chi connectivity index (χ3v) is 4.13. The lowest BCUT2D eigenvalue weighted by Crippen LogP contribution is -2.03. The van der Waals surface area contributed by atoms with Crippen LogP contribution in [0.5, 0.6) is 0 Å². The first kappa shape index (κ1) is 14.4. The number of hydrogen-bond donors (Lipinski definition) is 1. The summed E-state index contributed by atoms with van der Waals surface area (Å²) in [7, 11) is -1.65. The van der Waals surface area contributed by atoms with Crippen molar-refractivity contribution in [2.45, 2.75) is 24.1 Å². The molecule has 1 N–H and O–H groups in total. The van der Waals surface area contributed by atoms with Crippen molar-refractivity contribution >= 4 is 16.8 Å². The third-order valence-electron chi connectivity index (χ3n) is 2.73. The lowest BCUT2D eigenvalue weighted by Gasteiger charge is -2.04. The summed E-state index contributed by atoms with van der Waals surface area (Å²) < 4.78 is 27.5. The van der Waals surface area contributed by atoms with Crippen LogP contribution in [0.2, 0.25) is 0 Å². The molecule has 0 aliphatic rings. The quantitative estimate of drug-likeness (QED) is 0.916. The van der Waals surface area contributed by atoms with Crippen LogP contribution in [-0.2, 0) is 23.1 Å². The number of aryl methyl sites for hydroxylation is 1. The lowest BCUT2D eigenvalue weighted by atomic mass is 10.2. The average Bonchev–Trinajstić information content (AvgIpc) is 2.86. The number of aromatic nitrogens is 2. The van der Waals surface area contributed by atoms with Gasteiger partial charge in [-0.05, 0) is 25.1 Å². The minimum atomic E-state index is -1.65. The number of benzene rings is 1. The highest BCUT2D eigenvalue weighted by Crippen LogP contribution is 2.18. The van der Waals surface area contributed by atoms with Crippen LogP contribution in [0.3, 0.4) is 0 Å². The highest BCUT2D eigenvalue weighted by molar-refractivity contribution is 7.84. The Hall–Kier alpha value is -2.02. The van der Waals surface area contributed by atoms with Crippen molar-refractivity contribution in [1.29, 1.82) is 0 Å². The molecule has 5 nitrogen and oxygen atoms in total. The summed E-state index contributed by atoms with van der Waals surface area (Å²) in [4.78, 5) is 10.8.